The Labute approximate surface area is 115 Å². The van der Waals surface area contributed by atoms with Crippen molar-refractivity contribution in [3.05, 3.63) is 29.3 Å². The van der Waals surface area contributed by atoms with Crippen LogP contribution in [0.1, 0.15) is 25.0 Å². The molecule has 0 spiro atoms. The highest BCUT2D eigenvalue weighted by atomic mass is 16.5. The average molecular weight is 261 g/mol. The van der Waals surface area contributed by atoms with E-state index >= 15 is 0 Å². The lowest BCUT2D eigenvalue weighted by Crippen LogP contribution is -2.36. The van der Waals surface area contributed by atoms with Crippen LogP contribution in [0, 0.1) is 16.7 Å². The maximum absolute atomic E-state index is 8.96. The van der Waals surface area contributed by atoms with Crippen LogP contribution in [0.4, 0.5) is 0 Å². The molecule has 0 heterocycles. The number of methoxy groups -OCH3 is 1. The van der Waals surface area contributed by atoms with Gasteiger partial charge in [0.15, 0.2) is 0 Å². The van der Waals surface area contributed by atoms with Crippen molar-refractivity contribution in [1.29, 1.82) is 5.26 Å². The average Bonchev–Trinajstić information content (AvgIpc) is 2.37. The van der Waals surface area contributed by atoms with Gasteiger partial charge in [0.1, 0.15) is 5.75 Å². The van der Waals surface area contributed by atoms with Gasteiger partial charge in [0, 0.05) is 18.7 Å². The van der Waals surface area contributed by atoms with Crippen LogP contribution in [0.15, 0.2) is 18.2 Å². The lowest BCUT2D eigenvalue weighted by atomic mass is 9.93. The first-order valence-electron chi connectivity index (χ1n) is 6.37. The molecular weight excluding hydrogens is 238 g/mol. The monoisotopic (exact) mass is 261 g/mol. The van der Waals surface area contributed by atoms with Crippen molar-refractivity contribution in [1.82, 2.24) is 4.90 Å². The Hall–Kier alpha value is -1.57. The Morgan fingerprint density at radius 2 is 2.11 bits per heavy atom. The fourth-order valence-corrected chi connectivity index (χ4v) is 2.11. The van der Waals surface area contributed by atoms with E-state index in [1.165, 1.54) is 0 Å². The summed E-state index contributed by atoms with van der Waals surface area (Å²) in [7, 11) is 3.70. The van der Waals surface area contributed by atoms with Crippen molar-refractivity contribution in [2.24, 2.45) is 11.1 Å². The standard InChI is InChI=1S/C15H23N3O/c1-15(2,10-17)11-18(3)9-13-7-12(8-16)5-6-14(13)19-4/h5-7H,9-11,17H2,1-4H3. The van der Waals surface area contributed by atoms with E-state index < -0.39 is 0 Å². The van der Waals surface area contributed by atoms with Gasteiger partial charge in [-0.15, -0.1) is 0 Å². The number of ether oxygens (including phenoxy) is 1. The highest BCUT2D eigenvalue weighted by Gasteiger charge is 2.19. The summed E-state index contributed by atoms with van der Waals surface area (Å²) in [6, 6.07) is 7.65. The molecule has 0 aliphatic carbocycles. The molecule has 2 N–H and O–H groups in total. The van der Waals surface area contributed by atoms with Crippen molar-refractivity contribution in [3.63, 3.8) is 0 Å². The van der Waals surface area contributed by atoms with Crippen LogP contribution in [0.3, 0.4) is 0 Å². The normalized spacial score (nSPS) is 11.4. The molecule has 0 aliphatic rings. The molecule has 1 aromatic carbocycles. The van der Waals surface area contributed by atoms with Crippen molar-refractivity contribution in [3.8, 4) is 11.8 Å². The Kier molecular flexibility index (Phi) is 5.34. The summed E-state index contributed by atoms with van der Waals surface area (Å²) in [5.74, 6) is 0.816. The molecule has 0 amide bonds. The lowest BCUT2D eigenvalue weighted by molar-refractivity contribution is 0.208. The predicted molar refractivity (Wildman–Crippen MR) is 76.9 cm³/mol. The van der Waals surface area contributed by atoms with E-state index in [1.807, 2.05) is 12.1 Å². The Bertz CT molecular complexity index is 463. The molecule has 0 bridgehead atoms. The van der Waals surface area contributed by atoms with E-state index in [4.69, 9.17) is 15.7 Å². The zero-order chi connectivity index (χ0) is 14.5. The van der Waals surface area contributed by atoms with Crippen LogP contribution >= 0.6 is 0 Å². The van der Waals surface area contributed by atoms with Gasteiger partial charge in [-0.05, 0) is 37.2 Å². The quantitative estimate of drug-likeness (QED) is 0.850. The van der Waals surface area contributed by atoms with Gasteiger partial charge >= 0.3 is 0 Å². The van der Waals surface area contributed by atoms with E-state index in [0.29, 0.717) is 12.1 Å². The van der Waals surface area contributed by atoms with Crippen LogP contribution in [-0.4, -0.2) is 32.1 Å². The summed E-state index contributed by atoms with van der Waals surface area (Å²) < 4.78 is 5.34. The molecule has 104 valence electrons. The fourth-order valence-electron chi connectivity index (χ4n) is 2.11. The van der Waals surface area contributed by atoms with Gasteiger partial charge in [-0.25, -0.2) is 0 Å². The second kappa shape index (κ2) is 6.55. The number of rotatable bonds is 6. The largest absolute Gasteiger partial charge is 0.496 e. The maximum Gasteiger partial charge on any atom is 0.123 e. The van der Waals surface area contributed by atoms with Crippen molar-refractivity contribution >= 4 is 0 Å². The third-order valence-electron chi connectivity index (χ3n) is 3.10. The number of nitriles is 1. The number of hydrogen-bond donors (Lipinski definition) is 1. The van der Waals surface area contributed by atoms with E-state index in [1.54, 1.807) is 13.2 Å². The molecular formula is C15H23N3O. The molecule has 0 saturated heterocycles. The second-order valence-electron chi connectivity index (χ2n) is 5.68. The Balaban J connectivity index is 2.83. The molecule has 0 unspecified atom stereocenters. The minimum atomic E-state index is 0.0782. The van der Waals surface area contributed by atoms with Gasteiger partial charge in [-0.2, -0.15) is 5.26 Å². The molecule has 0 fully saturated rings. The van der Waals surface area contributed by atoms with E-state index in [0.717, 1.165) is 24.4 Å². The second-order valence-corrected chi connectivity index (χ2v) is 5.68. The van der Waals surface area contributed by atoms with E-state index in [2.05, 4.69) is 31.9 Å². The van der Waals surface area contributed by atoms with E-state index in [-0.39, 0.29) is 5.41 Å². The van der Waals surface area contributed by atoms with Gasteiger partial charge in [0.2, 0.25) is 0 Å². The van der Waals surface area contributed by atoms with E-state index in [9.17, 15) is 0 Å². The first-order chi connectivity index (χ1) is 8.91. The maximum atomic E-state index is 8.96. The Morgan fingerprint density at radius 1 is 1.42 bits per heavy atom. The molecule has 4 heteroatoms. The first-order valence-corrected chi connectivity index (χ1v) is 6.37. The summed E-state index contributed by atoms with van der Waals surface area (Å²) in [6.45, 7) is 6.57. The number of benzene rings is 1. The first kappa shape index (κ1) is 15.5. The molecule has 4 nitrogen and oxygen atoms in total. The summed E-state index contributed by atoms with van der Waals surface area (Å²) >= 11 is 0. The SMILES string of the molecule is COc1ccc(C#N)cc1CN(C)CC(C)(C)CN. The zero-order valence-electron chi connectivity index (χ0n) is 12.2. The van der Waals surface area contributed by atoms with Crippen LogP contribution in [0.2, 0.25) is 0 Å². The predicted octanol–water partition coefficient (Wildman–Crippen LogP) is 1.98. The van der Waals surface area contributed by atoms with Gasteiger partial charge in [0.05, 0.1) is 18.7 Å². The summed E-state index contributed by atoms with van der Waals surface area (Å²) in [5, 5.41) is 8.96. The molecule has 19 heavy (non-hydrogen) atoms. The number of hydrogen-bond acceptors (Lipinski definition) is 4. The van der Waals surface area contributed by atoms with Gasteiger partial charge in [-0.3, -0.25) is 0 Å². The highest BCUT2D eigenvalue weighted by Crippen LogP contribution is 2.22. The number of nitrogens with two attached hydrogens (primary N) is 1. The molecule has 1 aromatic rings. The van der Waals surface area contributed by atoms with Crippen LogP contribution in [-0.2, 0) is 6.54 Å². The lowest BCUT2D eigenvalue weighted by Gasteiger charge is -2.29. The van der Waals surface area contributed by atoms with Gasteiger partial charge < -0.3 is 15.4 Å². The molecule has 1 rings (SSSR count). The molecule has 0 saturated carbocycles. The molecule has 0 atom stereocenters. The molecule has 0 aromatic heterocycles. The minimum absolute atomic E-state index is 0.0782. The summed E-state index contributed by atoms with van der Waals surface area (Å²) in [4.78, 5) is 2.20. The third kappa shape index (κ3) is 4.55. The zero-order valence-corrected chi connectivity index (χ0v) is 12.2. The summed E-state index contributed by atoms with van der Waals surface area (Å²) in [6.07, 6.45) is 0. The molecule has 0 aliphatic heterocycles. The van der Waals surface area contributed by atoms with Gasteiger partial charge in [-0.1, -0.05) is 13.8 Å². The van der Waals surface area contributed by atoms with Crippen molar-refractivity contribution in [2.45, 2.75) is 20.4 Å². The fraction of sp³-hybridized carbons (Fsp3) is 0.533. The van der Waals surface area contributed by atoms with Crippen molar-refractivity contribution in [2.75, 3.05) is 27.2 Å². The molecule has 0 radical (unpaired) electrons. The smallest absolute Gasteiger partial charge is 0.123 e. The van der Waals surface area contributed by atoms with Crippen LogP contribution < -0.4 is 10.5 Å². The van der Waals surface area contributed by atoms with Crippen molar-refractivity contribution < 1.29 is 4.74 Å². The topological polar surface area (TPSA) is 62.3 Å². The number of nitrogens with zero attached hydrogens (tertiary/aromatic N) is 2. The van der Waals surface area contributed by atoms with Gasteiger partial charge in [0.25, 0.3) is 0 Å². The Morgan fingerprint density at radius 3 is 2.63 bits per heavy atom. The van der Waals surface area contributed by atoms with Crippen LogP contribution in [0.5, 0.6) is 5.75 Å². The minimum Gasteiger partial charge on any atom is -0.496 e. The third-order valence-corrected chi connectivity index (χ3v) is 3.10. The van der Waals surface area contributed by atoms with Crippen LogP contribution in [0.25, 0.3) is 0 Å². The highest BCUT2D eigenvalue weighted by molar-refractivity contribution is 5.42. The summed E-state index contributed by atoms with van der Waals surface area (Å²) in [5.41, 5.74) is 7.51.